The van der Waals surface area contributed by atoms with E-state index in [2.05, 4.69) is 14.5 Å². The second kappa shape index (κ2) is 6.03. The van der Waals surface area contributed by atoms with Gasteiger partial charge in [-0.05, 0) is 10.5 Å². The molecule has 1 aromatic heterocycles. The number of esters is 1. The van der Waals surface area contributed by atoms with Gasteiger partial charge in [0.25, 0.3) is 6.43 Å². The number of alkyl halides is 2. The summed E-state index contributed by atoms with van der Waals surface area (Å²) >= 11 is 0. The molecule has 0 bridgehead atoms. The maximum Gasteiger partial charge on any atom is 0.368 e. The van der Waals surface area contributed by atoms with Crippen LogP contribution in [0, 0.1) is 10.1 Å². The molecule has 0 fully saturated rings. The van der Waals surface area contributed by atoms with Gasteiger partial charge in [0.05, 0.1) is 20.6 Å². The minimum absolute atomic E-state index is 0.250. The molecule has 0 atom stereocenters. The first-order valence-corrected chi connectivity index (χ1v) is 4.97. The zero-order chi connectivity index (χ0) is 14.6. The maximum absolute atomic E-state index is 12.9. The van der Waals surface area contributed by atoms with E-state index < -0.39 is 41.0 Å². The topological polar surface area (TPSA) is 91.6 Å². The highest BCUT2D eigenvalue weighted by atomic mass is 19.3. The van der Waals surface area contributed by atoms with Crippen molar-refractivity contribution < 1.29 is 28.0 Å². The molecule has 0 aromatic carbocycles. The van der Waals surface area contributed by atoms with Crippen LogP contribution in [0.2, 0.25) is 0 Å². The van der Waals surface area contributed by atoms with Crippen LogP contribution in [0.15, 0.2) is 6.07 Å². The van der Waals surface area contributed by atoms with Crippen LogP contribution in [0.3, 0.4) is 0 Å². The van der Waals surface area contributed by atoms with Crippen molar-refractivity contribution in [3.63, 3.8) is 0 Å². The van der Waals surface area contributed by atoms with E-state index in [9.17, 15) is 23.7 Å². The summed E-state index contributed by atoms with van der Waals surface area (Å²) in [6, 6.07) is 0.806. The molecule has 0 N–H and O–H groups in total. The van der Waals surface area contributed by atoms with E-state index in [0.717, 1.165) is 20.3 Å². The number of carbonyl (C=O) groups is 1. The van der Waals surface area contributed by atoms with Gasteiger partial charge in [-0.3, -0.25) is 4.79 Å². The smallest absolute Gasteiger partial charge is 0.368 e. The lowest BCUT2D eigenvalue weighted by atomic mass is 10.1. The third kappa shape index (κ3) is 3.33. The summed E-state index contributed by atoms with van der Waals surface area (Å²) in [5, 5.41) is 10.6. The molecule has 0 saturated heterocycles. The molecule has 0 spiro atoms. The highest BCUT2D eigenvalue weighted by Gasteiger charge is 2.28. The number of hydrogen-bond acceptors (Lipinski definition) is 6. The normalized spacial score (nSPS) is 10.4. The van der Waals surface area contributed by atoms with Crippen LogP contribution in [0.4, 0.5) is 14.6 Å². The summed E-state index contributed by atoms with van der Waals surface area (Å²) in [5.74, 6) is -2.06. The number of ether oxygens (including phenoxy) is 2. The van der Waals surface area contributed by atoms with Crippen LogP contribution in [-0.2, 0) is 16.0 Å². The zero-order valence-corrected chi connectivity index (χ0v) is 10.1. The first-order chi connectivity index (χ1) is 8.90. The van der Waals surface area contributed by atoms with E-state index in [0.29, 0.717) is 0 Å². The molecule has 104 valence electrons. The summed E-state index contributed by atoms with van der Waals surface area (Å²) in [6.07, 6.45) is -3.52. The molecule has 1 rings (SSSR count). The second-order valence-corrected chi connectivity index (χ2v) is 3.37. The van der Waals surface area contributed by atoms with Crippen molar-refractivity contribution in [3.8, 4) is 5.88 Å². The Hall–Kier alpha value is -2.32. The highest BCUT2D eigenvalue weighted by Crippen LogP contribution is 2.33. The Kier molecular flexibility index (Phi) is 4.67. The lowest BCUT2D eigenvalue weighted by Gasteiger charge is -2.09. The molecule has 0 unspecified atom stereocenters. The van der Waals surface area contributed by atoms with Gasteiger partial charge in [-0.1, -0.05) is 0 Å². The number of pyridine rings is 1. The van der Waals surface area contributed by atoms with Gasteiger partial charge in [-0.2, -0.15) is 0 Å². The van der Waals surface area contributed by atoms with Crippen molar-refractivity contribution in [2.45, 2.75) is 12.8 Å². The number of carbonyl (C=O) groups excluding carboxylic acids is 1. The molecule has 0 radical (unpaired) electrons. The van der Waals surface area contributed by atoms with Crippen LogP contribution in [0.5, 0.6) is 5.88 Å². The number of nitro groups is 1. The molecule has 9 heteroatoms. The van der Waals surface area contributed by atoms with E-state index in [4.69, 9.17) is 0 Å². The SMILES string of the molecule is COC(=O)Cc1cc([N+](=O)[O-])nc(OC)c1C(F)F. The van der Waals surface area contributed by atoms with Crippen LogP contribution >= 0.6 is 0 Å². The van der Waals surface area contributed by atoms with Gasteiger partial charge in [0, 0.05) is 11.1 Å². The molecular formula is C10H10F2N2O5. The Morgan fingerprint density at radius 1 is 1.53 bits per heavy atom. The highest BCUT2D eigenvalue weighted by molar-refractivity contribution is 5.73. The monoisotopic (exact) mass is 276 g/mol. The van der Waals surface area contributed by atoms with Crippen LogP contribution in [0.25, 0.3) is 0 Å². The van der Waals surface area contributed by atoms with Crippen molar-refractivity contribution in [1.29, 1.82) is 0 Å². The third-order valence-corrected chi connectivity index (χ3v) is 2.26. The molecule has 0 amide bonds. The molecule has 0 aliphatic heterocycles. The van der Waals surface area contributed by atoms with Gasteiger partial charge in [-0.15, -0.1) is 0 Å². The van der Waals surface area contributed by atoms with Gasteiger partial charge in [0.1, 0.15) is 5.56 Å². The van der Waals surface area contributed by atoms with Crippen molar-refractivity contribution in [1.82, 2.24) is 4.98 Å². The fourth-order valence-corrected chi connectivity index (χ4v) is 1.42. The standard InChI is InChI=1S/C10H10F2N2O5/c1-18-7(15)4-5-3-6(14(16)17)13-10(19-2)8(5)9(11)12/h3,9H,4H2,1-2H3. The Morgan fingerprint density at radius 3 is 2.58 bits per heavy atom. The van der Waals surface area contributed by atoms with Crippen LogP contribution in [-0.4, -0.2) is 30.1 Å². The third-order valence-electron chi connectivity index (χ3n) is 2.26. The van der Waals surface area contributed by atoms with E-state index in [1.165, 1.54) is 0 Å². The van der Waals surface area contributed by atoms with Crippen molar-refractivity contribution in [2.75, 3.05) is 14.2 Å². The zero-order valence-electron chi connectivity index (χ0n) is 10.1. The van der Waals surface area contributed by atoms with E-state index in [-0.39, 0.29) is 5.56 Å². The molecule has 19 heavy (non-hydrogen) atoms. The average molecular weight is 276 g/mol. The first kappa shape index (κ1) is 14.7. The van der Waals surface area contributed by atoms with E-state index >= 15 is 0 Å². The summed E-state index contributed by atoms with van der Waals surface area (Å²) in [4.78, 5) is 24.3. The lowest BCUT2D eigenvalue weighted by Crippen LogP contribution is -2.10. The predicted molar refractivity (Wildman–Crippen MR) is 58.1 cm³/mol. The largest absolute Gasteiger partial charge is 0.469 e. The number of hydrogen-bond donors (Lipinski definition) is 0. The van der Waals surface area contributed by atoms with E-state index in [1.54, 1.807) is 0 Å². The Morgan fingerprint density at radius 2 is 2.16 bits per heavy atom. The Labute approximate surface area is 106 Å². The van der Waals surface area contributed by atoms with Crippen molar-refractivity contribution in [2.24, 2.45) is 0 Å². The summed E-state index contributed by atoms with van der Waals surface area (Å²) in [5.41, 5.74) is -0.904. The van der Waals surface area contributed by atoms with Gasteiger partial charge in [0.15, 0.2) is 0 Å². The molecule has 0 aliphatic carbocycles. The fourth-order valence-electron chi connectivity index (χ4n) is 1.42. The van der Waals surface area contributed by atoms with Crippen molar-refractivity contribution in [3.05, 3.63) is 27.3 Å². The molecule has 7 nitrogen and oxygen atoms in total. The van der Waals surface area contributed by atoms with Crippen molar-refractivity contribution >= 4 is 11.8 Å². The number of methoxy groups -OCH3 is 2. The first-order valence-electron chi connectivity index (χ1n) is 4.97. The minimum atomic E-state index is -2.98. The maximum atomic E-state index is 12.9. The van der Waals surface area contributed by atoms with Gasteiger partial charge >= 0.3 is 17.7 Å². The average Bonchev–Trinajstić information content (AvgIpc) is 2.36. The number of nitrogens with zero attached hydrogens (tertiary/aromatic N) is 2. The number of aromatic nitrogens is 1. The molecule has 1 heterocycles. The van der Waals surface area contributed by atoms with Crippen LogP contribution in [0.1, 0.15) is 17.6 Å². The van der Waals surface area contributed by atoms with E-state index in [1.807, 2.05) is 0 Å². The number of halogens is 2. The van der Waals surface area contributed by atoms with Gasteiger partial charge in [-0.25, -0.2) is 8.78 Å². The second-order valence-electron chi connectivity index (χ2n) is 3.37. The van der Waals surface area contributed by atoms with Gasteiger partial charge in [0.2, 0.25) is 0 Å². The minimum Gasteiger partial charge on any atom is -0.469 e. The Balaban J connectivity index is 3.40. The molecule has 1 aromatic rings. The van der Waals surface area contributed by atoms with Crippen LogP contribution < -0.4 is 4.74 Å². The molecular weight excluding hydrogens is 266 g/mol. The molecule has 0 saturated carbocycles. The summed E-state index contributed by atoms with van der Waals surface area (Å²) < 4.78 is 34.8. The predicted octanol–water partition coefficient (Wildman–Crippen LogP) is 1.65. The lowest BCUT2D eigenvalue weighted by molar-refractivity contribution is -0.389. The fraction of sp³-hybridized carbons (Fsp3) is 0.400. The Bertz CT molecular complexity index is 507. The van der Waals surface area contributed by atoms with Gasteiger partial charge < -0.3 is 19.6 Å². The quantitative estimate of drug-likeness (QED) is 0.461. The molecule has 0 aliphatic rings. The summed E-state index contributed by atoms with van der Waals surface area (Å²) in [7, 11) is 2.14. The number of rotatable bonds is 5. The summed E-state index contributed by atoms with van der Waals surface area (Å²) in [6.45, 7) is 0.